The minimum Gasteiger partial charge on any atom is -0.375 e. The number of urea groups is 1. The molecule has 1 aliphatic heterocycles. The molecule has 2 atom stereocenters. The maximum atomic E-state index is 13.9. The van der Waals surface area contributed by atoms with Gasteiger partial charge in [0.15, 0.2) is 0 Å². The van der Waals surface area contributed by atoms with Crippen LogP contribution in [0.15, 0.2) is 24.3 Å². The van der Waals surface area contributed by atoms with Crippen molar-refractivity contribution >= 4 is 17.8 Å². The number of benzene rings is 1. The average Bonchev–Trinajstić information content (AvgIpc) is 2.79. The normalized spacial score (nSPS) is 18.4. The fraction of sp³-hybridized carbons (Fsp3) is 0.562. The number of methoxy groups -OCH3 is 1. The number of thioether (sulfide) groups is 1. The number of hydrogen-bond donors (Lipinski definition) is 1. The molecule has 2 unspecified atom stereocenters. The van der Waals surface area contributed by atoms with Crippen molar-refractivity contribution in [3.63, 3.8) is 0 Å². The number of carbonyl (C=O) groups excluding carboxylic acids is 1. The third-order valence-electron chi connectivity index (χ3n) is 3.78. The molecule has 1 N–H and O–H groups in total. The summed E-state index contributed by atoms with van der Waals surface area (Å²) in [6.45, 7) is 3.36. The molecule has 6 heteroatoms. The topological polar surface area (TPSA) is 41.6 Å². The Hall–Kier alpha value is -1.27. The van der Waals surface area contributed by atoms with Crippen LogP contribution < -0.4 is 5.32 Å². The zero-order chi connectivity index (χ0) is 15.9. The summed E-state index contributed by atoms with van der Waals surface area (Å²) in [4.78, 5) is 14.2. The van der Waals surface area contributed by atoms with E-state index in [1.807, 2.05) is 23.6 Å². The summed E-state index contributed by atoms with van der Waals surface area (Å²) >= 11 is 1.87. The van der Waals surface area contributed by atoms with E-state index < -0.39 is 6.10 Å². The number of ether oxygens (including phenoxy) is 1. The van der Waals surface area contributed by atoms with E-state index in [9.17, 15) is 9.18 Å². The van der Waals surface area contributed by atoms with Crippen molar-refractivity contribution in [1.29, 1.82) is 0 Å². The van der Waals surface area contributed by atoms with Gasteiger partial charge in [0, 0.05) is 31.5 Å². The second-order valence-corrected chi connectivity index (χ2v) is 6.59. The van der Waals surface area contributed by atoms with Gasteiger partial charge < -0.3 is 15.0 Å². The lowest BCUT2D eigenvalue weighted by Crippen LogP contribution is -2.47. The molecule has 0 aromatic heterocycles. The zero-order valence-corrected chi connectivity index (χ0v) is 13.9. The van der Waals surface area contributed by atoms with Gasteiger partial charge >= 0.3 is 6.03 Å². The Balaban J connectivity index is 2.01. The zero-order valence-electron chi connectivity index (χ0n) is 13.0. The SMILES string of the molecule is COC(c1ccccc1F)C(C)NC(=O)N1CCCSCC1. The first-order valence-electron chi connectivity index (χ1n) is 7.54. The van der Waals surface area contributed by atoms with Gasteiger partial charge in [0.2, 0.25) is 0 Å². The van der Waals surface area contributed by atoms with E-state index in [4.69, 9.17) is 4.74 Å². The molecule has 1 saturated heterocycles. The second kappa shape index (κ2) is 8.39. The van der Waals surface area contributed by atoms with Crippen LogP contribution in [0.1, 0.15) is 25.0 Å². The average molecular weight is 326 g/mol. The highest BCUT2D eigenvalue weighted by Crippen LogP contribution is 2.23. The Labute approximate surface area is 135 Å². The lowest BCUT2D eigenvalue weighted by atomic mass is 10.0. The molecule has 0 aliphatic carbocycles. The molecule has 2 amide bonds. The third-order valence-corrected chi connectivity index (χ3v) is 4.83. The molecule has 4 nitrogen and oxygen atoms in total. The van der Waals surface area contributed by atoms with E-state index in [0.29, 0.717) is 5.56 Å². The maximum absolute atomic E-state index is 13.9. The van der Waals surface area contributed by atoms with E-state index in [1.165, 1.54) is 13.2 Å². The van der Waals surface area contributed by atoms with Crippen molar-refractivity contribution < 1.29 is 13.9 Å². The van der Waals surface area contributed by atoms with Gasteiger partial charge in [-0.1, -0.05) is 18.2 Å². The van der Waals surface area contributed by atoms with Crippen LogP contribution >= 0.6 is 11.8 Å². The van der Waals surface area contributed by atoms with Crippen molar-refractivity contribution in [2.45, 2.75) is 25.5 Å². The number of hydrogen-bond acceptors (Lipinski definition) is 3. The number of amides is 2. The van der Waals surface area contributed by atoms with Gasteiger partial charge in [-0.2, -0.15) is 11.8 Å². The second-order valence-electron chi connectivity index (χ2n) is 5.37. The summed E-state index contributed by atoms with van der Waals surface area (Å²) < 4.78 is 19.3. The van der Waals surface area contributed by atoms with Crippen LogP contribution in [0.2, 0.25) is 0 Å². The third kappa shape index (κ3) is 4.36. The molecule has 1 aromatic rings. The molecule has 1 fully saturated rings. The first kappa shape index (κ1) is 17.1. The van der Waals surface area contributed by atoms with Gasteiger partial charge in [-0.3, -0.25) is 0 Å². The quantitative estimate of drug-likeness (QED) is 0.924. The Bertz CT molecular complexity index is 493. The molecular formula is C16H23FN2O2S. The highest BCUT2D eigenvalue weighted by atomic mass is 32.2. The van der Waals surface area contributed by atoms with Crippen molar-refractivity contribution in [3.8, 4) is 0 Å². The molecule has 0 bridgehead atoms. The van der Waals surface area contributed by atoms with Crippen LogP contribution in [0.4, 0.5) is 9.18 Å². The van der Waals surface area contributed by atoms with Crippen LogP contribution in [0.25, 0.3) is 0 Å². The lowest BCUT2D eigenvalue weighted by molar-refractivity contribution is 0.0709. The van der Waals surface area contributed by atoms with Gasteiger partial charge in [-0.05, 0) is 25.2 Å². The molecule has 1 aliphatic rings. The molecule has 22 heavy (non-hydrogen) atoms. The van der Waals surface area contributed by atoms with Crippen LogP contribution in [-0.4, -0.2) is 48.7 Å². The first-order chi connectivity index (χ1) is 10.6. The minimum atomic E-state index is -0.508. The predicted molar refractivity (Wildman–Crippen MR) is 87.7 cm³/mol. The Morgan fingerprint density at radius 2 is 2.14 bits per heavy atom. The van der Waals surface area contributed by atoms with Crippen molar-refractivity contribution in [2.75, 3.05) is 31.7 Å². The summed E-state index contributed by atoms with van der Waals surface area (Å²) in [5, 5.41) is 2.94. The molecule has 0 radical (unpaired) electrons. The maximum Gasteiger partial charge on any atom is 0.317 e. The standard InChI is InChI=1S/C16H23FN2O2S/c1-12(15(21-2)13-6-3-4-7-14(13)17)18-16(20)19-8-5-10-22-11-9-19/h3-4,6-7,12,15H,5,8-11H2,1-2H3,(H,18,20). The molecule has 2 rings (SSSR count). The Morgan fingerprint density at radius 3 is 2.86 bits per heavy atom. The number of carbonyl (C=O) groups is 1. The van der Waals surface area contributed by atoms with E-state index >= 15 is 0 Å². The number of nitrogens with one attached hydrogen (secondary N) is 1. The predicted octanol–water partition coefficient (Wildman–Crippen LogP) is 3.05. The van der Waals surface area contributed by atoms with Gasteiger partial charge in [0.05, 0.1) is 6.04 Å². The fourth-order valence-corrected chi connectivity index (χ4v) is 3.50. The van der Waals surface area contributed by atoms with Crippen molar-refractivity contribution in [2.24, 2.45) is 0 Å². The van der Waals surface area contributed by atoms with Gasteiger partial charge in [0.25, 0.3) is 0 Å². The minimum absolute atomic E-state index is 0.103. The van der Waals surface area contributed by atoms with E-state index in [-0.39, 0.29) is 17.9 Å². The van der Waals surface area contributed by atoms with Crippen LogP contribution in [0.5, 0.6) is 0 Å². The number of nitrogens with zero attached hydrogens (tertiary/aromatic N) is 1. The van der Waals surface area contributed by atoms with E-state index in [0.717, 1.165) is 31.0 Å². The van der Waals surface area contributed by atoms with Gasteiger partial charge in [-0.25, -0.2) is 9.18 Å². The summed E-state index contributed by atoms with van der Waals surface area (Å²) in [7, 11) is 1.53. The number of halogens is 1. The molecule has 122 valence electrons. The van der Waals surface area contributed by atoms with Crippen molar-refractivity contribution in [3.05, 3.63) is 35.6 Å². The fourth-order valence-electron chi connectivity index (χ4n) is 2.62. The lowest BCUT2D eigenvalue weighted by Gasteiger charge is -2.28. The van der Waals surface area contributed by atoms with Crippen LogP contribution in [0.3, 0.4) is 0 Å². The Morgan fingerprint density at radius 1 is 1.36 bits per heavy atom. The number of rotatable bonds is 4. The molecule has 0 saturated carbocycles. The highest BCUT2D eigenvalue weighted by molar-refractivity contribution is 7.99. The summed E-state index contributed by atoms with van der Waals surface area (Å²) in [6.07, 6.45) is 0.500. The molecular weight excluding hydrogens is 303 g/mol. The van der Waals surface area contributed by atoms with E-state index in [1.54, 1.807) is 18.2 Å². The molecule has 1 heterocycles. The van der Waals surface area contributed by atoms with E-state index in [2.05, 4.69) is 5.32 Å². The van der Waals surface area contributed by atoms with Gasteiger partial charge in [-0.15, -0.1) is 0 Å². The first-order valence-corrected chi connectivity index (χ1v) is 8.69. The van der Waals surface area contributed by atoms with Crippen LogP contribution in [0, 0.1) is 5.82 Å². The van der Waals surface area contributed by atoms with Crippen molar-refractivity contribution in [1.82, 2.24) is 10.2 Å². The summed E-state index contributed by atoms with van der Waals surface area (Å²) in [6, 6.07) is 6.09. The smallest absolute Gasteiger partial charge is 0.317 e. The van der Waals surface area contributed by atoms with Crippen LogP contribution in [-0.2, 0) is 4.74 Å². The summed E-state index contributed by atoms with van der Waals surface area (Å²) in [5.74, 6) is 1.74. The van der Waals surface area contributed by atoms with Gasteiger partial charge in [0.1, 0.15) is 11.9 Å². The molecule has 1 aromatic carbocycles. The Kier molecular flexibility index (Phi) is 6.51. The molecule has 0 spiro atoms. The highest BCUT2D eigenvalue weighted by Gasteiger charge is 2.25. The summed E-state index contributed by atoms with van der Waals surface area (Å²) in [5.41, 5.74) is 0.462. The largest absolute Gasteiger partial charge is 0.375 e. The monoisotopic (exact) mass is 326 g/mol.